The van der Waals surface area contributed by atoms with Crippen LogP contribution in [0.15, 0.2) is 53.7 Å². The van der Waals surface area contributed by atoms with E-state index in [0.29, 0.717) is 5.75 Å². The smallest absolute Gasteiger partial charge is 0.266 e. The molecule has 1 N–H and O–H groups in total. The number of rotatable bonds is 4. The molecule has 1 heterocycles. The number of ether oxygens (including phenoxy) is 1. The molecule has 0 atom stereocenters. The van der Waals surface area contributed by atoms with Gasteiger partial charge in [0.05, 0.1) is 17.6 Å². The van der Waals surface area contributed by atoms with Crippen molar-refractivity contribution < 1.29 is 17.9 Å². The van der Waals surface area contributed by atoms with Gasteiger partial charge in [-0.25, -0.2) is 13.1 Å². The van der Waals surface area contributed by atoms with Gasteiger partial charge < -0.3 is 4.74 Å². The summed E-state index contributed by atoms with van der Waals surface area (Å²) in [5, 5.41) is 0. The van der Waals surface area contributed by atoms with Crippen molar-refractivity contribution in [3.8, 4) is 5.75 Å². The van der Waals surface area contributed by atoms with Crippen LogP contribution in [-0.2, 0) is 10.0 Å². The van der Waals surface area contributed by atoms with Crippen LogP contribution in [0.5, 0.6) is 5.75 Å². The quantitative estimate of drug-likeness (QED) is 0.915. The molecule has 1 amide bonds. The molecule has 0 spiro atoms. The Hall–Kier alpha value is -2.41. The molecular formula is C13H12N2O4S. The van der Waals surface area contributed by atoms with Gasteiger partial charge in [-0.2, -0.15) is 0 Å². The Kier molecular flexibility index (Phi) is 3.99. The topological polar surface area (TPSA) is 85.4 Å². The molecule has 0 saturated carbocycles. The van der Waals surface area contributed by atoms with Crippen LogP contribution < -0.4 is 9.46 Å². The van der Waals surface area contributed by atoms with Crippen molar-refractivity contribution in [2.24, 2.45) is 0 Å². The maximum Gasteiger partial charge on any atom is 0.266 e. The highest BCUT2D eigenvalue weighted by molar-refractivity contribution is 7.90. The van der Waals surface area contributed by atoms with E-state index in [9.17, 15) is 13.2 Å². The summed E-state index contributed by atoms with van der Waals surface area (Å²) in [6, 6.07) is 8.75. The molecule has 1 aromatic heterocycles. The Morgan fingerprint density at radius 2 is 1.90 bits per heavy atom. The van der Waals surface area contributed by atoms with E-state index in [4.69, 9.17) is 4.74 Å². The molecule has 0 saturated heterocycles. The van der Waals surface area contributed by atoms with Gasteiger partial charge in [0.25, 0.3) is 15.9 Å². The highest BCUT2D eigenvalue weighted by atomic mass is 32.2. The molecule has 1 aromatic carbocycles. The minimum absolute atomic E-state index is 0.0180. The molecule has 0 radical (unpaired) electrons. The molecule has 0 aliphatic rings. The normalized spacial score (nSPS) is 10.8. The summed E-state index contributed by atoms with van der Waals surface area (Å²) >= 11 is 0. The summed E-state index contributed by atoms with van der Waals surface area (Å²) in [4.78, 5) is 15.5. The highest BCUT2D eigenvalue weighted by Crippen LogP contribution is 2.15. The van der Waals surface area contributed by atoms with Gasteiger partial charge in [0.15, 0.2) is 0 Å². The van der Waals surface area contributed by atoms with E-state index < -0.39 is 15.9 Å². The van der Waals surface area contributed by atoms with E-state index in [0.717, 1.165) is 0 Å². The van der Waals surface area contributed by atoms with Crippen LogP contribution in [0, 0.1) is 0 Å². The Balaban J connectivity index is 2.20. The average molecular weight is 292 g/mol. The summed E-state index contributed by atoms with van der Waals surface area (Å²) in [7, 11) is -2.44. The van der Waals surface area contributed by atoms with E-state index in [1.807, 2.05) is 4.72 Å². The van der Waals surface area contributed by atoms with Crippen LogP contribution >= 0.6 is 0 Å². The zero-order valence-corrected chi connectivity index (χ0v) is 11.4. The molecule has 7 heteroatoms. The molecule has 2 aromatic rings. The number of amides is 1. The van der Waals surface area contributed by atoms with E-state index in [1.165, 1.54) is 49.8 Å². The van der Waals surface area contributed by atoms with Gasteiger partial charge in [-0.3, -0.25) is 9.78 Å². The molecule has 0 unspecified atom stereocenters. The average Bonchev–Trinajstić information content (AvgIpc) is 2.48. The number of methoxy groups -OCH3 is 1. The van der Waals surface area contributed by atoms with Crippen molar-refractivity contribution in [2.75, 3.05) is 7.11 Å². The number of aromatic nitrogens is 1. The summed E-state index contributed by atoms with van der Waals surface area (Å²) in [6.45, 7) is 0. The van der Waals surface area contributed by atoms with E-state index in [2.05, 4.69) is 4.98 Å². The lowest BCUT2D eigenvalue weighted by atomic mass is 10.3. The molecule has 20 heavy (non-hydrogen) atoms. The monoisotopic (exact) mass is 292 g/mol. The first-order valence-electron chi connectivity index (χ1n) is 5.64. The summed E-state index contributed by atoms with van der Waals surface area (Å²) in [5.41, 5.74) is 0.171. The number of hydrogen-bond donors (Lipinski definition) is 1. The molecule has 2 rings (SSSR count). The van der Waals surface area contributed by atoms with Crippen LogP contribution in [0.3, 0.4) is 0 Å². The minimum atomic E-state index is -3.92. The number of sulfonamides is 1. The van der Waals surface area contributed by atoms with Crippen LogP contribution in [0.4, 0.5) is 0 Å². The fourth-order valence-electron chi connectivity index (χ4n) is 1.49. The number of benzene rings is 1. The largest absolute Gasteiger partial charge is 0.497 e. The number of carbonyl (C=O) groups is 1. The lowest BCUT2D eigenvalue weighted by Gasteiger charge is -2.07. The van der Waals surface area contributed by atoms with E-state index in [-0.39, 0.29) is 10.5 Å². The lowest BCUT2D eigenvalue weighted by molar-refractivity contribution is 0.0981. The van der Waals surface area contributed by atoms with E-state index in [1.54, 1.807) is 6.07 Å². The van der Waals surface area contributed by atoms with Gasteiger partial charge in [0.1, 0.15) is 5.75 Å². The maximum absolute atomic E-state index is 12.0. The summed E-state index contributed by atoms with van der Waals surface area (Å²) < 4.78 is 31.0. The molecule has 0 fully saturated rings. The number of pyridine rings is 1. The Morgan fingerprint density at radius 3 is 2.45 bits per heavy atom. The first-order valence-corrected chi connectivity index (χ1v) is 7.12. The molecule has 6 nitrogen and oxygen atoms in total. The molecule has 0 aliphatic heterocycles. The number of carbonyl (C=O) groups excluding carboxylic acids is 1. The van der Waals surface area contributed by atoms with Crippen LogP contribution in [-0.4, -0.2) is 26.4 Å². The van der Waals surface area contributed by atoms with Crippen molar-refractivity contribution in [3.63, 3.8) is 0 Å². The third kappa shape index (κ3) is 3.12. The second-order valence-corrected chi connectivity index (χ2v) is 5.53. The third-order valence-corrected chi connectivity index (χ3v) is 3.87. The SMILES string of the molecule is COc1ccc(S(=O)(=O)NC(=O)c2cccnc2)cc1. The number of nitrogens with zero attached hydrogens (tertiary/aromatic N) is 1. The number of nitrogens with one attached hydrogen (secondary N) is 1. The fraction of sp³-hybridized carbons (Fsp3) is 0.0769. The van der Waals surface area contributed by atoms with Crippen molar-refractivity contribution in [3.05, 3.63) is 54.4 Å². The lowest BCUT2D eigenvalue weighted by Crippen LogP contribution is -2.30. The van der Waals surface area contributed by atoms with Crippen molar-refractivity contribution in [1.29, 1.82) is 0 Å². The molecule has 0 aliphatic carbocycles. The highest BCUT2D eigenvalue weighted by Gasteiger charge is 2.18. The van der Waals surface area contributed by atoms with Gasteiger partial charge in [-0.05, 0) is 36.4 Å². The van der Waals surface area contributed by atoms with Crippen LogP contribution in [0.25, 0.3) is 0 Å². The zero-order valence-electron chi connectivity index (χ0n) is 10.6. The summed E-state index contributed by atoms with van der Waals surface area (Å²) in [6.07, 6.45) is 2.79. The fourth-order valence-corrected chi connectivity index (χ4v) is 2.47. The predicted molar refractivity (Wildman–Crippen MR) is 71.9 cm³/mol. The standard InChI is InChI=1S/C13H12N2O4S/c1-19-11-4-6-12(7-5-11)20(17,18)15-13(16)10-3-2-8-14-9-10/h2-9H,1H3,(H,15,16). The molecule has 104 valence electrons. The molecular weight excluding hydrogens is 280 g/mol. The van der Waals surface area contributed by atoms with Gasteiger partial charge in [0.2, 0.25) is 0 Å². The Labute approximate surface area is 116 Å². The van der Waals surface area contributed by atoms with Crippen molar-refractivity contribution in [2.45, 2.75) is 4.90 Å². The van der Waals surface area contributed by atoms with Crippen molar-refractivity contribution >= 4 is 15.9 Å². The van der Waals surface area contributed by atoms with Gasteiger partial charge in [-0.15, -0.1) is 0 Å². The summed E-state index contributed by atoms with van der Waals surface area (Å²) in [5.74, 6) is -0.198. The molecule has 0 bridgehead atoms. The second-order valence-electron chi connectivity index (χ2n) is 3.85. The van der Waals surface area contributed by atoms with Gasteiger partial charge >= 0.3 is 0 Å². The third-order valence-electron chi connectivity index (χ3n) is 2.52. The minimum Gasteiger partial charge on any atom is -0.497 e. The number of hydrogen-bond acceptors (Lipinski definition) is 5. The zero-order chi connectivity index (χ0) is 14.6. The second kappa shape index (κ2) is 5.70. The predicted octanol–water partition coefficient (Wildman–Crippen LogP) is 1.21. The van der Waals surface area contributed by atoms with E-state index >= 15 is 0 Å². The van der Waals surface area contributed by atoms with Gasteiger partial charge in [0, 0.05) is 12.4 Å². The maximum atomic E-state index is 12.0. The van der Waals surface area contributed by atoms with Gasteiger partial charge in [-0.1, -0.05) is 0 Å². The Morgan fingerprint density at radius 1 is 1.20 bits per heavy atom. The Bertz CT molecular complexity index is 697. The van der Waals surface area contributed by atoms with Crippen molar-refractivity contribution in [1.82, 2.24) is 9.71 Å². The van der Waals surface area contributed by atoms with Crippen LogP contribution in [0.2, 0.25) is 0 Å². The van der Waals surface area contributed by atoms with Crippen LogP contribution in [0.1, 0.15) is 10.4 Å². The first-order chi connectivity index (χ1) is 9.53. The first kappa shape index (κ1) is 14.0.